The first-order valence-electron chi connectivity index (χ1n) is 7.53. The molecule has 0 fully saturated rings. The van der Waals surface area contributed by atoms with Crippen LogP contribution in [0, 0.1) is 6.92 Å². The largest absolute Gasteiger partial charge is 0.309 e. The van der Waals surface area contributed by atoms with E-state index in [2.05, 4.69) is 77.3 Å². The molecular weight excluding hydrogens is 324 g/mol. The Hall–Kier alpha value is -1.19. The number of aromatic nitrogens is 1. The number of hydrogen-bond donors (Lipinski definition) is 1. The van der Waals surface area contributed by atoms with E-state index in [1.807, 2.05) is 12.4 Å². The number of aryl methyl sites for hydroxylation is 1. The third-order valence-corrected chi connectivity index (χ3v) is 4.99. The third kappa shape index (κ3) is 3.92. The van der Waals surface area contributed by atoms with Gasteiger partial charge in [-0.25, -0.2) is 0 Å². The first kappa shape index (κ1) is 16.2. The molecule has 2 unspecified atom stereocenters. The van der Waals surface area contributed by atoms with E-state index in [9.17, 15) is 0 Å². The van der Waals surface area contributed by atoms with Crippen molar-refractivity contribution in [3.63, 3.8) is 0 Å². The number of benzene rings is 1. The van der Waals surface area contributed by atoms with Crippen molar-refractivity contribution >= 4 is 15.9 Å². The van der Waals surface area contributed by atoms with Crippen LogP contribution in [0.5, 0.6) is 0 Å². The molecule has 112 valence electrons. The maximum Gasteiger partial charge on any atom is 0.0398 e. The number of halogens is 1. The van der Waals surface area contributed by atoms with Crippen LogP contribution in [-0.4, -0.2) is 11.5 Å². The van der Waals surface area contributed by atoms with Crippen LogP contribution in [0.1, 0.15) is 48.9 Å². The van der Waals surface area contributed by atoms with Crippen LogP contribution in [0.25, 0.3) is 0 Å². The number of nitrogens with one attached hydrogen (secondary N) is 1. The van der Waals surface area contributed by atoms with Gasteiger partial charge in [0.2, 0.25) is 0 Å². The van der Waals surface area contributed by atoms with Crippen LogP contribution >= 0.6 is 15.9 Å². The molecule has 2 nitrogen and oxygen atoms in total. The van der Waals surface area contributed by atoms with Gasteiger partial charge in [0.15, 0.2) is 0 Å². The summed E-state index contributed by atoms with van der Waals surface area (Å²) in [5, 5.41) is 3.70. The Morgan fingerprint density at radius 1 is 1.19 bits per heavy atom. The second-order valence-electron chi connectivity index (χ2n) is 5.48. The highest BCUT2D eigenvalue weighted by Gasteiger charge is 2.22. The van der Waals surface area contributed by atoms with E-state index in [1.54, 1.807) is 0 Å². The van der Waals surface area contributed by atoms with Crippen molar-refractivity contribution in [2.45, 2.75) is 39.2 Å². The maximum absolute atomic E-state index is 4.12. The van der Waals surface area contributed by atoms with Crippen molar-refractivity contribution in [2.24, 2.45) is 0 Å². The van der Waals surface area contributed by atoms with Crippen LogP contribution in [-0.2, 0) is 0 Å². The standard InChI is InChI=1S/C18H23BrN2/c1-4-10-21-18(14(3)15-8-11-20-12-9-15)16-7-5-6-13(2)17(16)19/h5-9,11-12,14,18,21H,4,10H2,1-3H3. The zero-order chi connectivity index (χ0) is 15.2. The molecule has 2 aromatic rings. The summed E-state index contributed by atoms with van der Waals surface area (Å²) in [6.45, 7) is 7.63. The summed E-state index contributed by atoms with van der Waals surface area (Å²) in [5.74, 6) is 0.387. The average molecular weight is 347 g/mol. The molecule has 21 heavy (non-hydrogen) atoms. The lowest BCUT2D eigenvalue weighted by Crippen LogP contribution is -2.27. The summed E-state index contributed by atoms with van der Waals surface area (Å²) in [6, 6.07) is 11.0. The molecule has 0 aliphatic carbocycles. The lowest BCUT2D eigenvalue weighted by atomic mass is 9.88. The van der Waals surface area contributed by atoms with Crippen LogP contribution in [0.3, 0.4) is 0 Å². The van der Waals surface area contributed by atoms with Crippen LogP contribution in [0.15, 0.2) is 47.2 Å². The SMILES string of the molecule is CCCNC(c1cccc(C)c1Br)C(C)c1ccncc1. The second-order valence-corrected chi connectivity index (χ2v) is 6.27. The smallest absolute Gasteiger partial charge is 0.0398 e. The summed E-state index contributed by atoms with van der Waals surface area (Å²) in [4.78, 5) is 4.12. The molecule has 0 aliphatic rings. The molecular formula is C18H23BrN2. The van der Waals surface area contributed by atoms with E-state index >= 15 is 0 Å². The van der Waals surface area contributed by atoms with Crippen LogP contribution in [0.4, 0.5) is 0 Å². The Bertz CT molecular complexity index is 569. The van der Waals surface area contributed by atoms with Crippen molar-refractivity contribution in [1.82, 2.24) is 10.3 Å². The van der Waals surface area contributed by atoms with Gasteiger partial charge in [0.25, 0.3) is 0 Å². The van der Waals surface area contributed by atoms with Crippen molar-refractivity contribution in [1.29, 1.82) is 0 Å². The maximum atomic E-state index is 4.12. The molecule has 0 bridgehead atoms. The normalized spacial score (nSPS) is 13.9. The van der Waals surface area contributed by atoms with Gasteiger partial charge in [-0.15, -0.1) is 0 Å². The van der Waals surface area contributed by atoms with Gasteiger partial charge >= 0.3 is 0 Å². The van der Waals surface area contributed by atoms with Crippen LogP contribution < -0.4 is 5.32 Å². The molecule has 2 atom stereocenters. The summed E-state index contributed by atoms with van der Waals surface area (Å²) < 4.78 is 1.21. The molecule has 0 aliphatic heterocycles. The van der Waals surface area contributed by atoms with Crippen molar-refractivity contribution < 1.29 is 0 Å². The fourth-order valence-corrected chi connectivity index (χ4v) is 3.14. The third-order valence-electron chi connectivity index (χ3n) is 3.90. The predicted octanol–water partition coefficient (Wildman–Crippen LogP) is 5.00. The molecule has 1 heterocycles. The van der Waals surface area contributed by atoms with Gasteiger partial charge in [-0.3, -0.25) is 4.98 Å². The van der Waals surface area contributed by atoms with Gasteiger partial charge in [0.05, 0.1) is 0 Å². The van der Waals surface area contributed by atoms with E-state index in [0.29, 0.717) is 12.0 Å². The van der Waals surface area contributed by atoms with Crippen molar-refractivity contribution in [3.8, 4) is 0 Å². The second kappa shape index (κ2) is 7.71. The van der Waals surface area contributed by atoms with Crippen LogP contribution in [0.2, 0.25) is 0 Å². The first-order valence-corrected chi connectivity index (χ1v) is 8.32. The fourth-order valence-electron chi connectivity index (χ4n) is 2.63. The Kier molecular flexibility index (Phi) is 5.95. The number of rotatable bonds is 6. The van der Waals surface area contributed by atoms with Crippen molar-refractivity contribution in [3.05, 3.63) is 63.9 Å². The van der Waals surface area contributed by atoms with Gasteiger partial charge in [-0.05, 0) is 48.7 Å². The molecule has 3 heteroatoms. The summed E-state index contributed by atoms with van der Waals surface area (Å²) >= 11 is 3.76. The lowest BCUT2D eigenvalue weighted by molar-refractivity contribution is 0.464. The minimum atomic E-state index is 0.293. The summed E-state index contributed by atoms with van der Waals surface area (Å²) in [6.07, 6.45) is 4.87. The lowest BCUT2D eigenvalue weighted by Gasteiger charge is -2.27. The van der Waals surface area contributed by atoms with E-state index in [4.69, 9.17) is 0 Å². The number of nitrogens with zero attached hydrogens (tertiary/aromatic N) is 1. The minimum absolute atomic E-state index is 0.293. The van der Waals surface area contributed by atoms with E-state index in [-0.39, 0.29) is 0 Å². The minimum Gasteiger partial charge on any atom is -0.309 e. The molecule has 1 N–H and O–H groups in total. The molecule has 0 saturated heterocycles. The average Bonchev–Trinajstić information content (AvgIpc) is 2.52. The molecule has 2 rings (SSSR count). The number of hydrogen-bond acceptors (Lipinski definition) is 2. The van der Waals surface area contributed by atoms with Gasteiger partial charge in [-0.1, -0.05) is 48.0 Å². The summed E-state index contributed by atoms with van der Waals surface area (Å²) in [7, 11) is 0. The molecule has 1 aromatic heterocycles. The Morgan fingerprint density at radius 2 is 1.90 bits per heavy atom. The fraction of sp³-hybridized carbons (Fsp3) is 0.389. The quantitative estimate of drug-likeness (QED) is 0.796. The molecule has 0 radical (unpaired) electrons. The topological polar surface area (TPSA) is 24.9 Å². The van der Waals surface area contributed by atoms with E-state index in [1.165, 1.54) is 21.2 Å². The number of pyridine rings is 1. The highest BCUT2D eigenvalue weighted by Crippen LogP contribution is 2.35. The van der Waals surface area contributed by atoms with Gasteiger partial charge in [0, 0.05) is 28.8 Å². The molecule has 1 aromatic carbocycles. The Labute approximate surface area is 136 Å². The Morgan fingerprint density at radius 3 is 2.57 bits per heavy atom. The van der Waals surface area contributed by atoms with E-state index < -0.39 is 0 Å². The predicted molar refractivity (Wildman–Crippen MR) is 92.6 cm³/mol. The van der Waals surface area contributed by atoms with Gasteiger partial charge < -0.3 is 5.32 Å². The van der Waals surface area contributed by atoms with Crippen molar-refractivity contribution in [2.75, 3.05) is 6.54 Å². The van der Waals surface area contributed by atoms with E-state index in [0.717, 1.165) is 13.0 Å². The monoisotopic (exact) mass is 346 g/mol. The zero-order valence-corrected chi connectivity index (χ0v) is 14.5. The first-order chi connectivity index (χ1) is 10.1. The van der Waals surface area contributed by atoms with Gasteiger partial charge in [0.1, 0.15) is 0 Å². The molecule has 0 saturated carbocycles. The molecule has 0 amide bonds. The highest BCUT2D eigenvalue weighted by atomic mass is 79.9. The summed E-state index contributed by atoms with van der Waals surface area (Å²) in [5.41, 5.74) is 3.91. The highest BCUT2D eigenvalue weighted by molar-refractivity contribution is 9.10. The zero-order valence-electron chi connectivity index (χ0n) is 12.9. The Balaban J connectivity index is 2.36. The molecule has 0 spiro atoms. The van der Waals surface area contributed by atoms with Gasteiger partial charge in [-0.2, -0.15) is 0 Å².